The Kier molecular flexibility index (Phi) is 5.38. The summed E-state index contributed by atoms with van der Waals surface area (Å²) in [4.78, 5) is 35.5. The normalized spacial score (nSPS) is 9.90. The maximum absolute atomic E-state index is 11.3. The second-order valence-electron chi connectivity index (χ2n) is 3.71. The summed E-state index contributed by atoms with van der Waals surface area (Å²) in [6.45, 7) is 0.865. The highest BCUT2D eigenvalue weighted by Crippen LogP contribution is 2.30. The molecule has 10 heteroatoms. The van der Waals surface area contributed by atoms with Gasteiger partial charge in [-0.1, -0.05) is 0 Å². The van der Waals surface area contributed by atoms with Gasteiger partial charge >= 0.3 is 5.97 Å². The Balaban J connectivity index is 2.70. The van der Waals surface area contributed by atoms with Gasteiger partial charge in [0.1, 0.15) is 18.6 Å². The van der Waals surface area contributed by atoms with Crippen molar-refractivity contribution in [2.24, 2.45) is 0 Å². The van der Waals surface area contributed by atoms with Crippen LogP contribution in [0, 0.1) is 17.0 Å². The molecule has 0 aliphatic carbocycles. The van der Waals surface area contributed by atoms with E-state index in [2.05, 4.69) is 31.5 Å². The third kappa shape index (κ3) is 4.16. The molecule has 1 aromatic rings. The fourth-order valence-corrected chi connectivity index (χ4v) is 1.72. The monoisotopic (exact) mass is 346 g/mol. The number of halogens is 1. The van der Waals surface area contributed by atoms with E-state index in [9.17, 15) is 19.7 Å². The molecule has 20 heavy (non-hydrogen) atoms. The first kappa shape index (κ1) is 15.8. The molecule has 0 aliphatic heterocycles. The van der Waals surface area contributed by atoms with Gasteiger partial charge in [-0.25, -0.2) is 4.98 Å². The average Bonchev–Trinajstić information content (AvgIpc) is 2.37. The summed E-state index contributed by atoms with van der Waals surface area (Å²) in [7, 11) is 0. The minimum atomic E-state index is -1.15. The molecule has 0 aromatic carbocycles. The number of aliphatic carboxylic acids is 1. The van der Waals surface area contributed by atoms with Crippen molar-refractivity contribution in [1.82, 2.24) is 10.3 Å². The molecule has 0 saturated heterocycles. The zero-order valence-electron chi connectivity index (χ0n) is 10.3. The lowest BCUT2D eigenvalue weighted by atomic mass is 10.2. The van der Waals surface area contributed by atoms with Gasteiger partial charge in [0.2, 0.25) is 5.91 Å². The Morgan fingerprint density at radius 1 is 1.50 bits per heavy atom. The molecule has 0 saturated carbocycles. The van der Waals surface area contributed by atoms with Crippen molar-refractivity contribution >= 4 is 39.3 Å². The highest BCUT2D eigenvalue weighted by Gasteiger charge is 2.17. The molecule has 0 unspecified atom stereocenters. The Labute approximate surface area is 121 Å². The van der Waals surface area contributed by atoms with Crippen molar-refractivity contribution in [1.29, 1.82) is 0 Å². The second-order valence-corrected chi connectivity index (χ2v) is 4.51. The summed E-state index contributed by atoms with van der Waals surface area (Å²) in [5.74, 6) is -1.42. The summed E-state index contributed by atoms with van der Waals surface area (Å²) in [5, 5.41) is 23.9. The summed E-state index contributed by atoms with van der Waals surface area (Å²) < 4.78 is 0.373. The molecule has 1 rings (SSSR count). The first-order valence-electron chi connectivity index (χ1n) is 5.34. The molecule has 1 heterocycles. The van der Waals surface area contributed by atoms with Gasteiger partial charge < -0.3 is 15.7 Å². The zero-order chi connectivity index (χ0) is 15.3. The first-order chi connectivity index (χ1) is 9.32. The van der Waals surface area contributed by atoms with Crippen LogP contribution in [0.2, 0.25) is 0 Å². The van der Waals surface area contributed by atoms with Crippen molar-refractivity contribution in [3.63, 3.8) is 0 Å². The second kappa shape index (κ2) is 6.80. The van der Waals surface area contributed by atoms with Crippen LogP contribution in [0.15, 0.2) is 10.7 Å². The molecule has 1 aromatic heterocycles. The first-order valence-corrected chi connectivity index (χ1v) is 6.14. The van der Waals surface area contributed by atoms with Crippen LogP contribution in [0.4, 0.5) is 11.5 Å². The molecule has 0 radical (unpaired) electrons. The number of pyridine rings is 1. The molecular weight excluding hydrogens is 336 g/mol. The summed E-state index contributed by atoms with van der Waals surface area (Å²) in [6.07, 6.45) is 1.08. The fourth-order valence-electron chi connectivity index (χ4n) is 1.28. The molecular formula is C10H11BrN4O5. The van der Waals surface area contributed by atoms with E-state index in [1.165, 1.54) is 0 Å². The Morgan fingerprint density at radius 2 is 2.15 bits per heavy atom. The highest BCUT2D eigenvalue weighted by molar-refractivity contribution is 9.10. The molecule has 0 atom stereocenters. The van der Waals surface area contributed by atoms with Gasteiger partial charge in [0.25, 0.3) is 5.69 Å². The van der Waals surface area contributed by atoms with E-state index in [0.717, 1.165) is 6.20 Å². The van der Waals surface area contributed by atoms with Gasteiger partial charge in [-0.15, -0.1) is 0 Å². The number of carbonyl (C=O) groups is 2. The average molecular weight is 347 g/mol. The van der Waals surface area contributed by atoms with E-state index < -0.39 is 23.3 Å². The lowest BCUT2D eigenvalue weighted by Gasteiger charge is -2.09. The molecule has 9 nitrogen and oxygen atoms in total. The van der Waals surface area contributed by atoms with Crippen LogP contribution in [0.25, 0.3) is 0 Å². The Bertz CT molecular complexity index is 563. The molecule has 0 aliphatic rings. The summed E-state index contributed by atoms with van der Waals surface area (Å²) in [5.41, 5.74) is 0.233. The molecule has 3 N–H and O–H groups in total. The number of nitrogens with zero attached hydrogens (tertiary/aromatic N) is 2. The van der Waals surface area contributed by atoms with E-state index in [4.69, 9.17) is 5.11 Å². The van der Waals surface area contributed by atoms with Gasteiger partial charge in [0, 0.05) is 5.56 Å². The number of aromatic nitrogens is 1. The number of hydrogen-bond acceptors (Lipinski definition) is 6. The van der Waals surface area contributed by atoms with E-state index in [1.54, 1.807) is 6.92 Å². The standard InChI is InChI=1S/C10H11BrN4O5/c1-5-6(15(19)20)2-13-10(9(5)11)14-3-7(16)12-4-8(17)18/h2H,3-4H2,1H3,(H,12,16)(H,13,14)(H,17,18). The van der Waals surface area contributed by atoms with Crippen molar-refractivity contribution in [3.05, 3.63) is 26.3 Å². The number of carboxylic acid groups (broad SMARTS) is 1. The van der Waals surface area contributed by atoms with Crippen LogP contribution in [0.1, 0.15) is 5.56 Å². The van der Waals surface area contributed by atoms with Crippen LogP contribution >= 0.6 is 15.9 Å². The molecule has 0 fully saturated rings. The van der Waals surface area contributed by atoms with Gasteiger partial charge in [-0.2, -0.15) is 0 Å². The fraction of sp³-hybridized carbons (Fsp3) is 0.300. The smallest absolute Gasteiger partial charge is 0.322 e. The van der Waals surface area contributed by atoms with Gasteiger partial charge in [-0.05, 0) is 22.9 Å². The van der Waals surface area contributed by atoms with Gasteiger partial charge in [0.05, 0.1) is 15.9 Å². The van der Waals surface area contributed by atoms with Crippen molar-refractivity contribution in [3.8, 4) is 0 Å². The van der Waals surface area contributed by atoms with Crippen LogP contribution < -0.4 is 10.6 Å². The van der Waals surface area contributed by atoms with Crippen LogP contribution in [0.5, 0.6) is 0 Å². The Morgan fingerprint density at radius 3 is 2.70 bits per heavy atom. The summed E-state index contributed by atoms with van der Waals surface area (Å²) in [6, 6.07) is 0. The van der Waals surface area contributed by atoms with Crippen molar-refractivity contribution < 1.29 is 19.6 Å². The van der Waals surface area contributed by atoms with Gasteiger partial charge in [0.15, 0.2) is 0 Å². The van der Waals surface area contributed by atoms with Crippen LogP contribution in [0.3, 0.4) is 0 Å². The van der Waals surface area contributed by atoms with E-state index >= 15 is 0 Å². The third-order valence-electron chi connectivity index (χ3n) is 2.29. The SMILES string of the molecule is Cc1c([N+](=O)[O-])cnc(NCC(=O)NCC(=O)O)c1Br. The molecule has 1 amide bonds. The number of carbonyl (C=O) groups excluding carboxylic acids is 1. The zero-order valence-corrected chi connectivity index (χ0v) is 11.9. The Hall–Kier alpha value is -2.23. The van der Waals surface area contributed by atoms with Crippen molar-refractivity contribution in [2.75, 3.05) is 18.4 Å². The maximum Gasteiger partial charge on any atom is 0.322 e. The lowest BCUT2D eigenvalue weighted by Crippen LogP contribution is -2.34. The number of rotatable bonds is 6. The number of anilines is 1. The molecule has 0 bridgehead atoms. The largest absolute Gasteiger partial charge is 0.480 e. The van der Waals surface area contributed by atoms with Gasteiger partial charge in [-0.3, -0.25) is 19.7 Å². The minimum Gasteiger partial charge on any atom is -0.480 e. The summed E-state index contributed by atoms with van der Waals surface area (Å²) >= 11 is 3.16. The van der Waals surface area contributed by atoms with Crippen LogP contribution in [-0.4, -0.2) is 40.0 Å². The van der Waals surface area contributed by atoms with E-state index in [1.807, 2.05) is 0 Å². The number of nitrogens with one attached hydrogen (secondary N) is 2. The van der Waals surface area contributed by atoms with E-state index in [0.29, 0.717) is 10.0 Å². The van der Waals surface area contributed by atoms with Crippen LogP contribution in [-0.2, 0) is 9.59 Å². The number of carboxylic acids is 1. The predicted molar refractivity (Wildman–Crippen MR) is 72.5 cm³/mol. The maximum atomic E-state index is 11.3. The molecule has 108 valence electrons. The number of nitro groups is 1. The predicted octanol–water partition coefficient (Wildman–Crippen LogP) is 0.673. The number of hydrogen-bond donors (Lipinski definition) is 3. The van der Waals surface area contributed by atoms with E-state index in [-0.39, 0.29) is 18.1 Å². The highest BCUT2D eigenvalue weighted by atomic mass is 79.9. The quantitative estimate of drug-likeness (QED) is 0.508. The molecule has 0 spiro atoms. The number of amides is 1. The third-order valence-corrected chi connectivity index (χ3v) is 3.26. The topological polar surface area (TPSA) is 134 Å². The lowest BCUT2D eigenvalue weighted by molar-refractivity contribution is -0.385. The minimum absolute atomic E-state index is 0.141. The van der Waals surface area contributed by atoms with Crippen molar-refractivity contribution in [2.45, 2.75) is 6.92 Å².